The average Bonchev–Trinajstić information content (AvgIpc) is 2.75. The number of hydrogen-bond donors (Lipinski definition) is 2. The van der Waals surface area contributed by atoms with E-state index in [9.17, 15) is 9.59 Å². The van der Waals surface area contributed by atoms with Crippen molar-refractivity contribution in [2.75, 3.05) is 0 Å². The number of rotatable bonds is 7. The fraction of sp³-hybridized carbons (Fsp3) is 0.615. The van der Waals surface area contributed by atoms with Crippen LogP contribution in [-0.4, -0.2) is 22.8 Å². The summed E-state index contributed by atoms with van der Waals surface area (Å²) in [6, 6.07) is -0.665. The second kappa shape index (κ2) is 6.92. The number of carbonyl (C=O) groups is 2. The lowest BCUT2D eigenvalue weighted by atomic mass is 10.1. The lowest BCUT2D eigenvalue weighted by Gasteiger charge is -2.14. The maximum absolute atomic E-state index is 12.0. The van der Waals surface area contributed by atoms with Crippen molar-refractivity contribution >= 4 is 11.8 Å². The summed E-state index contributed by atoms with van der Waals surface area (Å²) < 4.78 is 5.34. The lowest BCUT2D eigenvalue weighted by molar-refractivity contribution is -0.120. The molecule has 106 valence electrons. The van der Waals surface area contributed by atoms with Crippen LogP contribution >= 0.6 is 0 Å². The quantitative estimate of drug-likeness (QED) is 0.778. The predicted molar refractivity (Wildman–Crippen MR) is 70.6 cm³/mol. The summed E-state index contributed by atoms with van der Waals surface area (Å²) in [5, 5.41) is 2.60. The number of aryl methyl sites for hydroxylation is 2. The van der Waals surface area contributed by atoms with Gasteiger partial charge >= 0.3 is 0 Å². The van der Waals surface area contributed by atoms with Crippen LogP contribution in [0.15, 0.2) is 4.42 Å². The molecule has 1 heterocycles. The van der Waals surface area contributed by atoms with E-state index in [4.69, 9.17) is 10.2 Å². The van der Waals surface area contributed by atoms with Crippen molar-refractivity contribution in [2.24, 2.45) is 5.73 Å². The van der Waals surface area contributed by atoms with Gasteiger partial charge in [-0.05, 0) is 13.3 Å². The van der Waals surface area contributed by atoms with Crippen molar-refractivity contribution in [3.05, 3.63) is 17.3 Å². The van der Waals surface area contributed by atoms with Crippen LogP contribution in [0.4, 0.5) is 0 Å². The zero-order valence-corrected chi connectivity index (χ0v) is 11.7. The highest BCUT2D eigenvalue weighted by Crippen LogP contribution is 2.11. The van der Waals surface area contributed by atoms with Crippen molar-refractivity contribution in [1.29, 1.82) is 0 Å². The van der Waals surface area contributed by atoms with E-state index in [2.05, 4.69) is 10.3 Å². The van der Waals surface area contributed by atoms with E-state index in [1.54, 1.807) is 6.92 Å². The smallest absolute Gasteiger partial charge is 0.289 e. The van der Waals surface area contributed by atoms with Crippen LogP contribution in [0, 0.1) is 6.92 Å². The zero-order chi connectivity index (χ0) is 14.4. The number of amides is 2. The number of nitrogens with one attached hydrogen (secondary N) is 1. The number of primary amides is 1. The minimum Gasteiger partial charge on any atom is -0.435 e. The molecule has 0 aliphatic carbocycles. The summed E-state index contributed by atoms with van der Waals surface area (Å²) in [5.41, 5.74) is 5.79. The standard InChI is InChI=1S/C13H21N3O3/c1-4-6-7-9(12(14)17)16-13(18)11-8(3)15-10(5-2)19-11/h9H,4-7H2,1-3H3,(H2,14,17)(H,16,18). The van der Waals surface area contributed by atoms with Gasteiger partial charge in [0.1, 0.15) is 6.04 Å². The van der Waals surface area contributed by atoms with Crippen molar-refractivity contribution in [2.45, 2.75) is 52.5 Å². The van der Waals surface area contributed by atoms with E-state index in [-0.39, 0.29) is 5.76 Å². The molecule has 6 heteroatoms. The molecule has 0 aliphatic heterocycles. The van der Waals surface area contributed by atoms with Crippen LogP contribution in [0.2, 0.25) is 0 Å². The molecule has 0 saturated carbocycles. The van der Waals surface area contributed by atoms with Gasteiger partial charge in [0.05, 0.1) is 5.69 Å². The zero-order valence-electron chi connectivity index (χ0n) is 11.7. The average molecular weight is 267 g/mol. The molecule has 3 N–H and O–H groups in total. The lowest BCUT2D eigenvalue weighted by Crippen LogP contribution is -2.44. The second-order valence-electron chi connectivity index (χ2n) is 4.45. The molecule has 2 amide bonds. The van der Waals surface area contributed by atoms with E-state index in [1.807, 2.05) is 13.8 Å². The van der Waals surface area contributed by atoms with Crippen molar-refractivity contribution in [1.82, 2.24) is 10.3 Å². The van der Waals surface area contributed by atoms with Gasteiger partial charge in [-0.3, -0.25) is 9.59 Å². The Hall–Kier alpha value is -1.85. The molecule has 1 aromatic rings. The van der Waals surface area contributed by atoms with Gasteiger partial charge in [0.25, 0.3) is 5.91 Å². The molecule has 0 aliphatic rings. The minimum atomic E-state index is -0.665. The molecular weight excluding hydrogens is 246 g/mol. The molecule has 1 unspecified atom stereocenters. The SMILES string of the molecule is CCCCC(NC(=O)c1oc(CC)nc1C)C(N)=O. The topological polar surface area (TPSA) is 98.2 Å². The van der Waals surface area contributed by atoms with E-state index < -0.39 is 17.9 Å². The molecule has 0 radical (unpaired) electrons. The Balaban J connectivity index is 2.75. The fourth-order valence-corrected chi connectivity index (χ4v) is 1.73. The van der Waals surface area contributed by atoms with Gasteiger partial charge in [-0.1, -0.05) is 26.7 Å². The van der Waals surface area contributed by atoms with Crippen molar-refractivity contribution in [3.63, 3.8) is 0 Å². The van der Waals surface area contributed by atoms with Crippen molar-refractivity contribution < 1.29 is 14.0 Å². The van der Waals surface area contributed by atoms with E-state index in [1.165, 1.54) is 0 Å². The van der Waals surface area contributed by atoms with Gasteiger partial charge in [0.15, 0.2) is 5.89 Å². The van der Waals surface area contributed by atoms with Gasteiger partial charge in [-0.2, -0.15) is 0 Å². The third-order valence-electron chi connectivity index (χ3n) is 2.84. The minimum absolute atomic E-state index is 0.152. The van der Waals surface area contributed by atoms with Crippen LogP contribution in [0.3, 0.4) is 0 Å². The first-order chi connectivity index (χ1) is 8.99. The molecule has 1 atom stereocenters. The summed E-state index contributed by atoms with van der Waals surface area (Å²) in [6.07, 6.45) is 2.90. The predicted octanol–water partition coefficient (Wildman–Crippen LogP) is 1.32. The maximum atomic E-state index is 12.0. The second-order valence-corrected chi connectivity index (χ2v) is 4.45. The van der Waals surface area contributed by atoms with Gasteiger partial charge in [0.2, 0.25) is 11.7 Å². The summed E-state index contributed by atoms with van der Waals surface area (Å²) in [5.74, 6) is -0.314. The van der Waals surface area contributed by atoms with E-state index in [0.29, 0.717) is 24.4 Å². The maximum Gasteiger partial charge on any atom is 0.289 e. The largest absolute Gasteiger partial charge is 0.435 e. The number of nitrogens with two attached hydrogens (primary N) is 1. The molecule has 0 saturated heterocycles. The Morgan fingerprint density at radius 3 is 2.58 bits per heavy atom. The Kier molecular flexibility index (Phi) is 5.54. The third kappa shape index (κ3) is 4.08. The highest BCUT2D eigenvalue weighted by atomic mass is 16.4. The van der Waals surface area contributed by atoms with Crippen LogP contribution < -0.4 is 11.1 Å². The highest BCUT2D eigenvalue weighted by molar-refractivity contribution is 5.95. The van der Waals surface area contributed by atoms with Crippen LogP contribution in [0.1, 0.15) is 55.2 Å². The number of nitrogens with zero attached hydrogens (tertiary/aromatic N) is 1. The van der Waals surface area contributed by atoms with Gasteiger partial charge in [0, 0.05) is 6.42 Å². The van der Waals surface area contributed by atoms with Crippen LogP contribution in [0.5, 0.6) is 0 Å². The summed E-state index contributed by atoms with van der Waals surface area (Å²) in [6.45, 7) is 5.59. The van der Waals surface area contributed by atoms with Gasteiger partial charge in [-0.15, -0.1) is 0 Å². The number of hydrogen-bond acceptors (Lipinski definition) is 4. The monoisotopic (exact) mass is 267 g/mol. The van der Waals surface area contributed by atoms with Gasteiger partial charge < -0.3 is 15.5 Å². The third-order valence-corrected chi connectivity index (χ3v) is 2.84. The normalized spacial score (nSPS) is 12.2. The van der Waals surface area contributed by atoms with Gasteiger partial charge in [-0.25, -0.2) is 4.98 Å². The summed E-state index contributed by atoms with van der Waals surface area (Å²) in [4.78, 5) is 27.4. The molecule has 19 heavy (non-hydrogen) atoms. The molecule has 6 nitrogen and oxygen atoms in total. The van der Waals surface area contributed by atoms with Crippen molar-refractivity contribution in [3.8, 4) is 0 Å². The molecule has 1 aromatic heterocycles. The first-order valence-corrected chi connectivity index (χ1v) is 6.56. The van der Waals surface area contributed by atoms with E-state index in [0.717, 1.165) is 12.8 Å². The molecular formula is C13H21N3O3. The first kappa shape index (κ1) is 15.2. The van der Waals surface area contributed by atoms with E-state index >= 15 is 0 Å². The number of unbranched alkanes of at least 4 members (excludes halogenated alkanes) is 1. The Morgan fingerprint density at radius 2 is 2.11 bits per heavy atom. The summed E-state index contributed by atoms with van der Waals surface area (Å²) in [7, 11) is 0. The first-order valence-electron chi connectivity index (χ1n) is 6.56. The fourth-order valence-electron chi connectivity index (χ4n) is 1.73. The van der Waals surface area contributed by atoms with Crippen LogP contribution in [-0.2, 0) is 11.2 Å². The number of aromatic nitrogens is 1. The molecule has 1 rings (SSSR count). The summed E-state index contributed by atoms with van der Waals surface area (Å²) >= 11 is 0. The number of oxazole rings is 1. The molecule has 0 fully saturated rings. The van der Waals surface area contributed by atoms with Crippen LogP contribution in [0.25, 0.3) is 0 Å². The molecule has 0 bridgehead atoms. The Labute approximate surface area is 112 Å². The molecule has 0 aromatic carbocycles. The Morgan fingerprint density at radius 1 is 1.42 bits per heavy atom. The number of carbonyl (C=O) groups excluding carboxylic acids is 2. The molecule has 0 spiro atoms. The Bertz CT molecular complexity index is 454. The highest BCUT2D eigenvalue weighted by Gasteiger charge is 2.22.